The van der Waals surface area contributed by atoms with Crippen molar-refractivity contribution in [2.24, 2.45) is 0 Å². The molecule has 4 nitrogen and oxygen atoms in total. The van der Waals surface area contributed by atoms with Crippen LogP contribution in [0.1, 0.15) is 5.56 Å². The Morgan fingerprint density at radius 1 is 1.60 bits per heavy atom. The van der Waals surface area contributed by atoms with Gasteiger partial charge in [-0.25, -0.2) is 4.79 Å². The molecule has 0 aliphatic carbocycles. The van der Waals surface area contributed by atoms with Gasteiger partial charge in [-0.3, -0.25) is 0 Å². The molecule has 0 aliphatic heterocycles. The van der Waals surface area contributed by atoms with Crippen molar-refractivity contribution in [1.29, 1.82) is 0 Å². The molecule has 1 rings (SSSR count). The molecule has 0 amide bonds. The van der Waals surface area contributed by atoms with E-state index in [-0.39, 0.29) is 11.3 Å². The zero-order valence-corrected chi connectivity index (χ0v) is 5.07. The Hall–Kier alpha value is -1.29. The summed E-state index contributed by atoms with van der Waals surface area (Å²) in [4.78, 5) is 10.6. The second-order valence-corrected chi connectivity index (χ2v) is 1.78. The Morgan fingerprint density at radius 3 is 2.80 bits per heavy atom. The lowest BCUT2D eigenvalue weighted by atomic mass is 10.3. The topological polar surface area (TPSA) is 70.7 Å². The molecule has 10 heavy (non-hydrogen) atoms. The normalized spacial score (nSPS) is 9.70. The minimum Gasteiger partial charge on any atom is -0.505 e. The van der Waals surface area contributed by atoms with Crippen LogP contribution in [-0.2, 0) is 6.61 Å². The van der Waals surface area contributed by atoms with Crippen LogP contribution in [-0.4, -0.2) is 10.2 Å². The van der Waals surface area contributed by atoms with Gasteiger partial charge in [0.25, 0.3) is 0 Å². The van der Waals surface area contributed by atoms with Crippen LogP contribution in [0.25, 0.3) is 0 Å². The van der Waals surface area contributed by atoms with Crippen molar-refractivity contribution in [2.75, 3.05) is 0 Å². The third-order valence-corrected chi connectivity index (χ3v) is 1.04. The van der Waals surface area contributed by atoms with Crippen LogP contribution in [0.2, 0.25) is 0 Å². The van der Waals surface area contributed by atoms with Crippen LogP contribution in [0.5, 0.6) is 5.75 Å². The molecule has 0 unspecified atom stereocenters. The zero-order chi connectivity index (χ0) is 7.56. The van der Waals surface area contributed by atoms with Crippen LogP contribution in [0, 0.1) is 0 Å². The van der Waals surface area contributed by atoms with Gasteiger partial charge in [-0.1, -0.05) is 0 Å². The third-order valence-electron chi connectivity index (χ3n) is 1.04. The molecule has 4 heteroatoms. The first-order valence-electron chi connectivity index (χ1n) is 2.65. The standard InChI is InChI=1S/C6H6O4/c7-2-4-1-5(8)3-10-6(4)9/h1,3,7-8H,2H2. The molecule has 0 fully saturated rings. The maximum Gasteiger partial charge on any atom is 0.341 e. The van der Waals surface area contributed by atoms with Crippen molar-refractivity contribution in [3.8, 4) is 5.75 Å². The maximum absolute atomic E-state index is 10.6. The number of hydrogen-bond acceptors (Lipinski definition) is 4. The first-order valence-corrected chi connectivity index (χ1v) is 2.65. The highest BCUT2D eigenvalue weighted by Crippen LogP contribution is 2.05. The lowest BCUT2D eigenvalue weighted by Crippen LogP contribution is -2.05. The van der Waals surface area contributed by atoms with Crippen LogP contribution >= 0.6 is 0 Å². The van der Waals surface area contributed by atoms with Crippen molar-refractivity contribution < 1.29 is 14.6 Å². The number of aliphatic hydroxyl groups is 1. The summed E-state index contributed by atoms with van der Waals surface area (Å²) in [5.41, 5.74) is -0.569. The summed E-state index contributed by atoms with van der Waals surface area (Å²) in [7, 11) is 0. The Bertz CT molecular complexity index is 275. The molecule has 1 aromatic rings. The highest BCUT2D eigenvalue weighted by atomic mass is 16.4. The van der Waals surface area contributed by atoms with E-state index >= 15 is 0 Å². The molecule has 0 radical (unpaired) electrons. The van der Waals surface area contributed by atoms with Gasteiger partial charge in [0.15, 0.2) is 5.75 Å². The van der Waals surface area contributed by atoms with Gasteiger partial charge in [-0.05, 0) is 6.07 Å². The Balaban J connectivity index is 3.22. The van der Waals surface area contributed by atoms with E-state index in [1.807, 2.05) is 0 Å². The molecule has 0 aromatic carbocycles. The van der Waals surface area contributed by atoms with Crippen molar-refractivity contribution in [3.05, 3.63) is 28.3 Å². The number of rotatable bonds is 1. The zero-order valence-electron chi connectivity index (χ0n) is 5.07. The van der Waals surface area contributed by atoms with Gasteiger partial charge < -0.3 is 14.6 Å². The predicted octanol–water partition coefficient (Wildman–Crippen LogP) is -0.162. The Kier molecular flexibility index (Phi) is 1.73. The molecule has 0 atom stereocenters. The predicted molar refractivity (Wildman–Crippen MR) is 32.6 cm³/mol. The van der Waals surface area contributed by atoms with E-state index in [0.29, 0.717) is 0 Å². The smallest absolute Gasteiger partial charge is 0.341 e. The van der Waals surface area contributed by atoms with E-state index in [9.17, 15) is 4.79 Å². The average molecular weight is 142 g/mol. The van der Waals surface area contributed by atoms with Gasteiger partial charge in [0.05, 0.1) is 12.2 Å². The van der Waals surface area contributed by atoms with Gasteiger partial charge in [0, 0.05) is 0 Å². The summed E-state index contributed by atoms with van der Waals surface area (Å²) >= 11 is 0. The van der Waals surface area contributed by atoms with Crippen molar-refractivity contribution in [3.63, 3.8) is 0 Å². The molecule has 2 N–H and O–H groups in total. The Morgan fingerprint density at radius 2 is 2.30 bits per heavy atom. The van der Waals surface area contributed by atoms with Crippen molar-refractivity contribution >= 4 is 0 Å². The summed E-state index contributed by atoms with van der Waals surface area (Å²) in [5, 5.41) is 17.2. The van der Waals surface area contributed by atoms with Crippen LogP contribution in [0.4, 0.5) is 0 Å². The second-order valence-electron chi connectivity index (χ2n) is 1.78. The first-order chi connectivity index (χ1) is 4.74. The van der Waals surface area contributed by atoms with E-state index < -0.39 is 12.2 Å². The van der Waals surface area contributed by atoms with Crippen molar-refractivity contribution in [2.45, 2.75) is 6.61 Å². The van der Waals surface area contributed by atoms with Crippen LogP contribution in [0.15, 0.2) is 21.5 Å². The largest absolute Gasteiger partial charge is 0.505 e. The number of aromatic hydroxyl groups is 1. The van der Waals surface area contributed by atoms with Gasteiger partial charge in [0.2, 0.25) is 0 Å². The molecule has 54 valence electrons. The fraction of sp³-hybridized carbons (Fsp3) is 0.167. The van der Waals surface area contributed by atoms with Gasteiger partial charge in [-0.2, -0.15) is 0 Å². The van der Waals surface area contributed by atoms with Crippen molar-refractivity contribution in [1.82, 2.24) is 0 Å². The average Bonchev–Trinajstić information content (AvgIpc) is 1.94. The molecule has 0 saturated heterocycles. The van der Waals surface area contributed by atoms with E-state index in [4.69, 9.17) is 10.2 Å². The summed E-state index contributed by atoms with van der Waals surface area (Å²) in [6.07, 6.45) is 0.918. The second kappa shape index (κ2) is 2.53. The van der Waals surface area contributed by atoms with Gasteiger partial charge in [-0.15, -0.1) is 0 Å². The van der Waals surface area contributed by atoms with E-state index in [0.717, 1.165) is 12.3 Å². The van der Waals surface area contributed by atoms with Gasteiger partial charge >= 0.3 is 5.63 Å². The summed E-state index contributed by atoms with van der Waals surface area (Å²) in [6, 6.07) is 1.16. The highest BCUT2D eigenvalue weighted by Gasteiger charge is 1.99. The molecule has 0 bridgehead atoms. The monoisotopic (exact) mass is 142 g/mol. The first kappa shape index (κ1) is 6.82. The third kappa shape index (κ3) is 1.16. The molecule has 0 saturated carbocycles. The molecular weight excluding hydrogens is 136 g/mol. The molecule has 1 aromatic heterocycles. The fourth-order valence-electron chi connectivity index (χ4n) is 0.571. The summed E-state index contributed by atoms with van der Waals surface area (Å²) < 4.78 is 4.31. The lowest BCUT2D eigenvalue weighted by Gasteiger charge is -1.92. The Labute approximate surface area is 56.4 Å². The SMILES string of the molecule is O=c1occ(O)cc1CO. The van der Waals surface area contributed by atoms with Gasteiger partial charge in [0.1, 0.15) is 6.26 Å². The fourth-order valence-corrected chi connectivity index (χ4v) is 0.571. The maximum atomic E-state index is 10.6. The summed E-state index contributed by atoms with van der Waals surface area (Å²) in [6.45, 7) is -0.420. The molecule has 0 aliphatic rings. The number of aliphatic hydroxyl groups excluding tert-OH is 1. The molecule has 1 heterocycles. The quantitative estimate of drug-likeness (QED) is 0.571. The summed E-state index contributed by atoms with van der Waals surface area (Å²) in [5.74, 6) is -0.163. The highest BCUT2D eigenvalue weighted by molar-refractivity contribution is 5.19. The van der Waals surface area contributed by atoms with E-state index in [1.54, 1.807) is 0 Å². The van der Waals surface area contributed by atoms with Crippen LogP contribution < -0.4 is 5.63 Å². The number of hydrogen-bond donors (Lipinski definition) is 2. The lowest BCUT2D eigenvalue weighted by molar-refractivity contribution is 0.272. The molecular formula is C6H6O4. The molecule has 0 spiro atoms. The minimum absolute atomic E-state index is 0.0556. The van der Waals surface area contributed by atoms with E-state index in [1.165, 1.54) is 0 Å². The minimum atomic E-state index is -0.625. The van der Waals surface area contributed by atoms with E-state index in [2.05, 4.69) is 4.42 Å². The van der Waals surface area contributed by atoms with Crippen LogP contribution in [0.3, 0.4) is 0 Å².